The van der Waals surface area contributed by atoms with Crippen LogP contribution >= 0.6 is 0 Å². The zero-order chi connectivity index (χ0) is 19.8. The summed E-state index contributed by atoms with van der Waals surface area (Å²) in [4.78, 5) is 31.0. The standard InChI is InChI=1S/C23H22N2O3/c1-4-25(15(3)20-13-16-9-5-8-12-19(16)28-20)23(27)22(26)21-14(2)24-18-11-7-6-10-17(18)21/h5-13,15,24H,4H2,1-3H3/t15-/m0/s1. The predicted octanol–water partition coefficient (Wildman–Crippen LogP) is 5.01. The molecule has 28 heavy (non-hydrogen) atoms. The van der Waals surface area contributed by atoms with Crippen molar-refractivity contribution in [2.75, 3.05) is 6.54 Å². The SMILES string of the molecule is CCN(C(=O)C(=O)c1c(C)[nH]c2ccccc12)[C@@H](C)c1cc2ccccc2o1. The van der Waals surface area contributed by atoms with E-state index in [-0.39, 0.29) is 6.04 Å². The van der Waals surface area contributed by atoms with Crippen molar-refractivity contribution in [3.05, 3.63) is 71.6 Å². The monoisotopic (exact) mass is 374 g/mol. The number of aryl methyl sites for hydroxylation is 1. The molecule has 142 valence electrons. The number of amides is 1. The Labute approximate surface area is 162 Å². The molecule has 0 saturated heterocycles. The Morgan fingerprint density at radius 3 is 2.57 bits per heavy atom. The van der Waals surface area contributed by atoms with Crippen molar-refractivity contribution in [3.8, 4) is 0 Å². The first-order valence-corrected chi connectivity index (χ1v) is 9.42. The van der Waals surface area contributed by atoms with Crippen LogP contribution < -0.4 is 0 Å². The molecule has 0 aliphatic rings. The number of aromatic amines is 1. The van der Waals surface area contributed by atoms with Gasteiger partial charge in [0.05, 0.1) is 11.6 Å². The lowest BCUT2D eigenvalue weighted by molar-refractivity contribution is -0.128. The fourth-order valence-electron chi connectivity index (χ4n) is 3.76. The average molecular weight is 374 g/mol. The molecule has 0 spiro atoms. The van der Waals surface area contributed by atoms with E-state index in [1.54, 1.807) is 4.90 Å². The molecule has 1 N–H and O–H groups in total. The summed E-state index contributed by atoms with van der Waals surface area (Å²) in [6.07, 6.45) is 0. The van der Waals surface area contributed by atoms with Crippen molar-refractivity contribution in [2.24, 2.45) is 0 Å². The lowest BCUT2D eigenvalue weighted by atomic mass is 10.0. The number of benzene rings is 2. The van der Waals surface area contributed by atoms with Crippen molar-refractivity contribution in [2.45, 2.75) is 26.8 Å². The molecule has 0 unspecified atom stereocenters. The van der Waals surface area contributed by atoms with Gasteiger partial charge in [0.15, 0.2) is 0 Å². The second kappa shape index (κ2) is 7.00. The van der Waals surface area contributed by atoms with Gasteiger partial charge in [-0.1, -0.05) is 36.4 Å². The van der Waals surface area contributed by atoms with E-state index < -0.39 is 11.7 Å². The van der Waals surface area contributed by atoms with Crippen LogP contribution in [0.4, 0.5) is 0 Å². The highest BCUT2D eigenvalue weighted by Crippen LogP contribution is 2.29. The molecule has 2 aromatic carbocycles. The van der Waals surface area contributed by atoms with E-state index in [1.807, 2.05) is 75.4 Å². The number of fused-ring (bicyclic) bond motifs is 2. The van der Waals surface area contributed by atoms with Gasteiger partial charge in [0.1, 0.15) is 11.3 Å². The Balaban J connectivity index is 1.68. The van der Waals surface area contributed by atoms with Crippen molar-refractivity contribution in [3.63, 3.8) is 0 Å². The van der Waals surface area contributed by atoms with Gasteiger partial charge in [-0.3, -0.25) is 9.59 Å². The van der Waals surface area contributed by atoms with E-state index >= 15 is 0 Å². The number of hydrogen-bond acceptors (Lipinski definition) is 3. The van der Waals surface area contributed by atoms with Gasteiger partial charge in [-0.2, -0.15) is 0 Å². The number of rotatable bonds is 5. The van der Waals surface area contributed by atoms with Crippen LogP contribution in [0.25, 0.3) is 21.9 Å². The fourth-order valence-corrected chi connectivity index (χ4v) is 3.76. The maximum atomic E-state index is 13.1. The summed E-state index contributed by atoms with van der Waals surface area (Å²) in [6.45, 7) is 5.98. The van der Waals surface area contributed by atoms with Crippen LogP contribution in [-0.2, 0) is 4.79 Å². The summed E-state index contributed by atoms with van der Waals surface area (Å²) < 4.78 is 5.92. The Morgan fingerprint density at radius 2 is 1.82 bits per heavy atom. The quantitative estimate of drug-likeness (QED) is 0.394. The summed E-state index contributed by atoms with van der Waals surface area (Å²) in [5, 5.41) is 1.75. The van der Waals surface area contributed by atoms with Crippen LogP contribution in [0, 0.1) is 6.92 Å². The molecule has 5 heteroatoms. The van der Waals surface area contributed by atoms with Crippen LogP contribution in [0.2, 0.25) is 0 Å². The summed E-state index contributed by atoms with van der Waals surface area (Å²) in [7, 11) is 0. The molecule has 4 rings (SSSR count). The number of ketones is 1. The molecule has 1 atom stereocenters. The van der Waals surface area contributed by atoms with Gasteiger partial charge in [0.25, 0.3) is 11.7 Å². The molecule has 0 aliphatic carbocycles. The number of Topliss-reactive ketones (excluding diaryl/α,β-unsaturated/α-hetero) is 1. The van der Waals surface area contributed by atoms with Crippen LogP contribution in [0.5, 0.6) is 0 Å². The van der Waals surface area contributed by atoms with Gasteiger partial charge in [-0.15, -0.1) is 0 Å². The molecule has 0 radical (unpaired) electrons. The molecule has 5 nitrogen and oxygen atoms in total. The van der Waals surface area contributed by atoms with E-state index in [1.165, 1.54) is 0 Å². The highest BCUT2D eigenvalue weighted by atomic mass is 16.3. The molecule has 0 bridgehead atoms. The minimum Gasteiger partial charge on any atom is -0.459 e. The maximum absolute atomic E-state index is 13.1. The van der Waals surface area contributed by atoms with Gasteiger partial charge in [-0.05, 0) is 39.0 Å². The molecule has 0 fully saturated rings. The van der Waals surface area contributed by atoms with Gasteiger partial charge in [0.2, 0.25) is 0 Å². The zero-order valence-electron chi connectivity index (χ0n) is 16.2. The predicted molar refractivity (Wildman–Crippen MR) is 109 cm³/mol. The largest absolute Gasteiger partial charge is 0.459 e. The molecule has 0 saturated carbocycles. The van der Waals surface area contributed by atoms with E-state index in [9.17, 15) is 9.59 Å². The first-order chi connectivity index (χ1) is 13.5. The first-order valence-electron chi connectivity index (χ1n) is 9.42. The Hall–Kier alpha value is -3.34. The van der Waals surface area contributed by atoms with Gasteiger partial charge < -0.3 is 14.3 Å². The number of likely N-dealkylation sites (N-methyl/N-ethyl adjacent to an activating group) is 1. The van der Waals surface area contributed by atoms with Crippen LogP contribution in [0.15, 0.2) is 59.0 Å². The van der Waals surface area contributed by atoms with Crippen molar-refractivity contribution in [1.82, 2.24) is 9.88 Å². The molecule has 2 heterocycles. The Kier molecular flexibility index (Phi) is 4.51. The van der Waals surface area contributed by atoms with Crippen LogP contribution in [0.3, 0.4) is 0 Å². The van der Waals surface area contributed by atoms with Crippen LogP contribution in [0.1, 0.15) is 41.7 Å². The number of carbonyl (C=O) groups excluding carboxylic acids is 2. The third-order valence-electron chi connectivity index (χ3n) is 5.24. The van der Waals surface area contributed by atoms with E-state index in [2.05, 4.69) is 4.98 Å². The normalized spacial score (nSPS) is 12.4. The van der Waals surface area contributed by atoms with Crippen molar-refractivity contribution in [1.29, 1.82) is 0 Å². The number of nitrogens with one attached hydrogen (secondary N) is 1. The summed E-state index contributed by atoms with van der Waals surface area (Å²) in [6, 6.07) is 16.8. The van der Waals surface area contributed by atoms with E-state index in [0.717, 1.165) is 21.9 Å². The fraction of sp³-hybridized carbons (Fsp3) is 0.217. The number of para-hydroxylation sites is 2. The van der Waals surface area contributed by atoms with Gasteiger partial charge >= 0.3 is 0 Å². The zero-order valence-corrected chi connectivity index (χ0v) is 16.2. The number of nitrogens with zero attached hydrogens (tertiary/aromatic N) is 1. The van der Waals surface area contributed by atoms with E-state index in [4.69, 9.17) is 4.42 Å². The number of furan rings is 1. The molecule has 0 aliphatic heterocycles. The topological polar surface area (TPSA) is 66.3 Å². The lowest BCUT2D eigenvalue weighted by Gasteiger charge is -2.26. The smallest absolute Gasteiger partial charge is 0.295 e. The van der Waals surface area contributed by atoms with Crippen LogP contribution in [-0.4, -0.2) is 28.1 Å². The minimum atomic E-state index is -0.525. The first kappa shape index (κ1) is 18.0. The lowest BCUT2D eigenvalue weighted by Crippen LogP contribution is -2.38. The molecular formula is C23H22N2O3. The Bertz CT molecular complexity index is 1150. The van der Waals surface area contributed by atoms with Crippen molar-refractivity contribution < 1.29 is 14.0 Å². The second-order valence-electron chi connectivity index (χ2n) is 6.95. The molecular weight excluding hydrogens is 352 g/mol. The summed E-state index contributed by atoms with van der Waals surface area (Å²) in [5.41, 5.74) is 2.76. The van der Waals surface area contributed by atoms with E-state index in [0.29, 0.717) is 23.6 Å². The van der Waals surface area contributed by atoms with Crippen molar-refractivity contribution >= 4 is 33.6 Å². The second-order valence-corrected chi connectivity index (χ2v) is 6.95. The summed E-state index contributed by atoms with van der Waals surface area (Å²) >= 11 is 0. The number of aromatic nitrogens is 1. The molecule has 1 amide bonds. The van der Waals surface area contributed by atoms with Gasteiger partial charge in [0, 0.05) is 28.5 Å². The minimum absolute atomic E-state index is 0.348. The molecule has 2 aromatic heterocycles. The molecule has 4 aromatic rings. The maximum Gasteiger partial charge on any atom is 0.295 e. The number of H-pyrrole nitrogens is 1. The highest BCUT2D eigenvalue weighted by Gasteiger charge is 2.31. The van der Waals surface area contributed by atoms with Gasteiger partial charge in [-0.25, -0.2) is 0 Å². The third-order valence-corrected chi connectivity index (χ3v) is 5.24. The highest BCUT2D eigenvalue weighted by molar-refractivity contribution is 6.45. The third kappa shape index (κ3) is 2.89. The number of hydrogen-bond donors (Lipinski definition) is 1. The average Bonchev–Trinajstić information content (AvgIpc) is 3.27. The number of carbonyl (C=O) groups is 2. The summed E-state index contributed by atoms with van der Waals surface area (Å²) in [5.74, 6) is -0.358. The Morgan fingerprint density at radius 1 is 1.11 bits per heavy atom.